The number of pyridine rings is 1. The van der Waals surface area contributed by atoms with E-state index in [2.05, 4.69) is 21.9 Å². The van der Waals surface area contributed by atoms with E-state index in [-0.39, 0.29) is 19.4 Å². The number of carbonyl (C=O) groups excluding carboxylic acids is 4. The Labute approximate surface area is 334 Å². The van der Waals surface area contributed by atoms with Gasteiger partial charge in [-0.15, -0.1) is 6.58 Å². The van der Waals surface area contributed by atoms with E-state index in [1.807, 2.05) is 73.6 Å². The normalized spacial score (nSPS) is 22.6. The number of aromatic nitrogens is 1. The van der Waals surface area contributed by atoms with Crippen molar-refractivity contribution < 1.29 is 37.1 Å². The van der Waals surface area contributed by atoms with Gasteiger partial charge in [0.05, 0.1) is 17.5 Å². The van der Waals surface area contributed by atoms with Crippen molar-refractivity contribution in [2.24, 2.45) is 11.3 Å². The van der Waals surface area contributed by atoms with Gasteiger partial charge in [-0.1, -0.05) is 57.2 Å². The largest absolute Gasteiger partial charge is 0.472 e. The second-order valence-electron chi connectivity index (χ2n) is 17.6. The molecular formula is C42H54N6O8S. The number of hydrogen-bond acceptors (Lipinski definition) is 10. The number of ether oxygens (including phenoxy) is 2. The SMILES string of the molecule is C=CC1C[C@]1(NC(=O)[C@@H]1C[C@@H](Oc2nc(-c3ccc(N(C)C)cc3)cc3ccccc23)CN1C(=O)[C@@H](NC(=O)OC(C)(C)C)C(C)(C)C)C(=O)NS(=O)(=O)C1CC1. The maximum atomic E-state index is 14.7. The quantitative estimate of drug-likeness (QED) is 0.213. The van der Waals surface area contributed by atoms with Crippen molar-refractivity contribution in [1.29, 1.82) is 0 Å². The Morgan fingerprint density at radius 1 is 1.02 bits per heavy atom. The lowest BCUT2D eigenvalue weighted by Crippen LogP contribution is -2.60. The molecule has 57 heavy (non-hydrogen) atoms. The molecule has 3 fully saturated rings. The molecule has 0 spiro atoms. The molecule has 4 amide bonds. The summed E-state index contributed by atoms with van der Waals surface area (Å²) in [6.07, 6.45) is 1.02. The molecule has 2 saturated carbocycles. The summed E-state index contributed by atoms with van der Waals surface area (Å²) in [5, 5.41) is 6.50. The van der Waals surface area contributed by atoms with Crippen LogP contribution in [0.15, 0.2) is 67.3 Å². The number of likely N-dealkylation sites (tertiary alicyclic amines) is 1. The second-order valence-corrected chi connectivity index (χ2v) is 19.5. The monoisotopic (exact) mass is 802 g/mol. The summed E-state index contributed by atoms with van der Waals surface area (Å²) in [7, 11) is 0.0148. The van der Waals surface area contributed by atoms with Gasteiger partial charge in [0.15, 0.2) is 0 Å². The van der Waals surface area contributed by atoms with Gasteiger partial charge in [0.2, 0.25) is 27.7 Å². The van der Waals surface area contributed by atoms with Crippen LogP contribution in [0.2, 0.25) is 0 Å². The second kappa shape index (κ2) is 15.3. The predicted octanol–water partition coefficient (Wildman–Crippen LogP) is 4.92. The van der Waals surface area contributed by atoms with Crippen molar-refractivity contribution in [3.05, 3.63) is 67.3 Å². The highest BCUT2D eigenvalue weighted by Gasteiger charge is 2.62. The molecule has 306 valence electrons. The van der Waals surface area contributed by atoms with Gasteiger partial charge in [0, 0.05) is 43.1 Å². The van der Waals surface area contributed by atoms with Crippen LogP contribution in [-0.2, 0) is 29.1 Å². The highest BCUT2D eigenvalue weighted by atomic mass is 32.2. The molecule has 3 aliphatic rings. The van der Waals surface area contributed by atoms with Gasteiger partial charge in [-0.2, -0.15) is 0 Å². The minimum atomic E-state index is -3.91. The zero-order valence-corrected chi connectivity index (χ0v) is 34.7. The van der Waals surface area contributed by atoms with Crippen LogP contribution in [0.3, 0.4) is 0 Å². The van der Waals surface area contributed by atoms with Crippen molar-refractivity contribution >= 4 is 50.3 Å². The molecule has 1 aliphatic heterocycles. The standard InChI is InChI=1S/C42H54N6O8S/c1-10-27-23-42(27,38(51)46-57(53,54)30-19-20-30)45-35(49)33-22-29(24-48(33)37(50)34(40(2,3)4)44-39(52)56-41(5,6)7)55-36-31-14-12-11-13-26(31)21-32(43-36)25-15-17-28(18-16-25)47(8)9/h10-18,21,27,29-30,33-34H,1,19-20,22-24H2,2-9H3,(H,44,52)(H,45,49)(H,46,51)/t27?,29-,33+,34-,42-/m1/s1. The first-order valence-corrected chi connectivity index (χ1v) is 20.8. The molecule has 3 N–H and O–H groups in total. The van der Waals surface area contributed by atoms with Crippen LogP contribution in [0.25, 0.3) is 22.0 Å². The summed E-state index contributed by atoms with van der Waals surface area (Å²) >= 11 is 0. The summed E-state index contributed by atoms with van der Waals surface area (Å²) in [6.45, 7) is 14.2. The highest BCUT2D eigenvalue weighted by Crippen LogP contribution is 2.46. The van der Waals surface area contributed by atoms with E-state index in [9.17, 15) is 27.6 Å². The fourth-order valence-electron chi connectivity index (χ4n) is 7.13. The van der Waals surface area contributed by atoms with Gasteiger partial charge in [0.1, 0.15) is 29.3 Å². The molecule has 1 unspecified atom stereocenters. The Morgan fingerprint density at radius 3 is 2.26 bits per heavy atom. The summed E-state index contributed by atoms with van der Waals surface area (Å²) in [4.78, 5) is 64.1. The zero-order chi connectivity index (χ0) is 41.7. The first-order chi connectivity index (χ1) is 26.6. The van der Waals surface area contributed by atoms with Crippen LogP contribution in [0.1, 0.15) is 67.2 Å². The van der Waals surface area contributed by atoms with Crippen molar-refractivity contribution in [1.82, 2.24) is 25.2 Å². The van der Waals surface area contributed by atoms with Gasteiger partial charge in [-0.05, 0) is 75.1 Å². The van der Waals surface area contributed by atoms with E-state index in [1.165, 1.54) is 11.0 Å². The van der Waals surface area contributed by atoms with Gasteiger partial charge in [0.25, 0.3) is 5.91 Å². The number of rotatable bonds is 12. The van der Waals surface area contributed by atoms with E-state index in [1.54, 1.807) is 41.5 Å². The lowest BCUT2D eigenvalue weighted by molar-refractivity contribution is -0.143. The van der Waals surface area contributed by atoms with Crippen molar-refractivity contribution in [2.75, 3.05) is 25.5 Å². The third-order valence-electron chi connectivity index (χ3n) is 10.5. The summed E-state index contributed by atoms with van der Waals surface area (Å²) in [5.41, 5.74) is -0.670. The predicted molar refractivity (Wildman–Crippen MR) is 218 cm³/mol. The molecule has 0 radical (unpaired) electrons. The lowest BCUT2D eigenvalue weighted by atomic mass is 9.85. The maximum Gasteiger partial charge on any atom is 0.408 e. The van der Waals surface area contributed by atoms with Crippen LogP contribution >= 0.6 is 0 Å². The molecule has 15 heteroatoms. The van der Waals surface area contributed by atoms with Crippen LogP contribution in [0, 0.1) is 11.3 Å². The third kappa shape index (κ3) is 9.19. The van der Waals surface area contributed by atoms with Crippen molar-refractivity contribution in [3.8, 4) is 17.1 Å². The van der Waals surface area contributed by atoms with Gasteiger partial charge < -0.3 is 29.9 Å². The molecule has 0 bridgehead atoms. The smallest absolute Gasteiger partial charge is 0.408 e. The van der Waals surface area contributed by atoms with E-state index in [0.717, 1.165) is 22.0 Å². The van der Waals surface area contributed by atoms with E-state index in [4.69, 9.17) is 14.5 Å². The lowest BCUT2D eigenvalue weighted by Gasteiger charge is -2.36. The Hall–Kier alpha value is -5.18. The molecular weight excluding hydrogens is 749 g/mol. The number of alkyl carbamates (subject to hydrolysis) is 1. The highest BCUT2D eigenvalue weighted by molar-refractivity contribution is 7.91. The maximum absolute atomic E-state index is 14.7. The fourth-order valence-corrected chi connectivity index (χ4v) is 8.49. The van der Waals surface area contributed by atoms with Crippen LogP contribution in [0.5, 0.6) is 5.88 Å². The molecule has 5 atom stereocenters. The molecule has 1 aromatic heterocycles. The first kappa shape index (κ1) is 41.5. The average Bonchev–Trinajstić information content (AvgIpc) is 4.06. The van der Waals surface area contributed by atoms with Crippen LogP contribution in [-0.4, -0.2) is 97.3 Å². The zero-order valence-electron chi connectivity index (χ0n) is 33.9. The van der Waals surface area contributed by atoms with Gasteiger partial charge in [-0.3, -0.25) is 19.1 Å². The molecule has 2 aromatic carbocycles. The van der Waals surface area contributed by atoms with Crippen molar-refractivity contribution in [3.63, 3.8) is 0 Å². The van der Waals surface area contributed by atoms with E-state index in [0.29, 0.717) is 24.4 Å². The number of anilines is 1. The molecule has 2 aliphatic carbocycles. The number of nitrogens with zero attached hydrogens (tertiary/aromatic N) is 3. The number of amides is 4. The van der Waals surface area contributed by atoms with E-state index < -0.39 is 79.7 Å². The number of nitrogens with one attached hydrogen (secondary N) is 3. The Kier molecular flexibility index (Phi) is 11.1. The minimum Gasteiger partial charge on any atom is -0.472 e. The number of fused-ring (bicyclic) bond motifs is 1. The average molecular weight is 803 g/mol. The molecule has 3 aromatic rings. The minimum absolute atomic E-state index is 0.00939. The Bertz CT molecular complexity index is 2170. The van der Waals surface area contributed by atoms with Crippen LogP contribution < -0.4 is 25.0 Å². The summed E-state index contributed by atoms with van der Waals surface area (Å²) < 4.78 is 39.9. The number of hydrogen-bond donors (Lipinski definition) is 3. The Balaban J connectivity index is 1.33. The molecule has 6 rings (SSSR count). The Morgan fingerprint density at radius 2 is 1.68 bits per heavy atom. The third-order valence-corrected chi connectivity index (χ3v) is 12.4. The topological polar surface area (TPSA) is 176 Å². The summed E-state index contributed by atoms with van der Waals surface area (Å²) in [6, 6.07) is 15.3. The van der Waals surface area contributed by atoms with Gasteiger partial charge in [-0.25, -0.2) is 18.2 Å². The fraction of sp³-hybridized carbons (Fsp3) is 0.500. The number of carbonyl (C=O) groups is 4. The first-order valence-electron chi connectivity index (χ1n) is 19.3. The molecule has 2 heterocycles. The van der Waals surface area contributed by atoms with E-state index >= 15 is 0 Å². The molecule has 14 nitrogen and oxygen atoms in total. The number of benzene rings is 2. The molecule has 1 saturated heterocycles. The van der Waals surface area contributed by atoms with Crippen LogP contribution in [0.4, 0.5) is 10.5 Å². The van der Waals surface area contributed by atoms with Gasteiger partial charge >= 0.3 is 6.09 Å². The van der Waals surface area contributed by atoms with Crippen molar-refractivity contribution in [2.45, 2.75) is 102 Å². The number of sulfonamides is 1. The summed E-state index contributed by atoms with van der Waals surface area (Å²) in [5.74, 6) is -2.29.